The van der Waals surface area contributed by atoms with Gasteiger partial charge < -0.3 is 9.47 Å². The van der Waals surface area contributed by atoms with Crippen LogP contribution in [0.25, 0.3) is 0 Å². The molecule has 0 saturated heterocycles. The summed E-state index contributed by atoms with van der Waals surface area (Å²) >= 11 is 0. The predicted molar refractivity (Wildman–Crippen MR) is 111 cm³/mol. The number of ether oxygens (including phenoxy) is 2. The van der Waals surface area contributed by atoms with E-state index in [1.807, 2.05) is 6.92 Å². The van der Waals surface area contributed by atoms with Crippen LogP contribution in [0.2, 0.25) is 0 Å². The summed E-state index contributed by atoms with van der Waals surface area (Å²) in [6, 6.07) is 6.46. The lowest BCUT2D eigenvalue weighted by molar-refractivity contribution is 0.0557. The van der Waals surface area contributed by atoms with Gasteiger partial charge >= 0.3 is 6.09 Å². The Morgan fingerprint density at radius 3 is 2.53 bits per heavy atom. The van der Waals surface area contributed by atoms with Crippen molar-refractivity contribution in [2.24, 2.45) is 0 Å². The van der Waals surface area contributed by atoms with Gasteiger partial charge in [0.15, 0.2) is 5.82 Å². The lowest BCUT2D eigenvalue weighted by Gasteiger charge is -2.44. The number of pyridine rings is 1. The molecule has 8 heteroatoms. The molecule has 1 aliphatic rings. The molecular formula is C22H29FN4O3. The first-order chi connectivity index (χ1) is 14.2. The zero-order valence-corrected chi connectivity index (χ0v) is 18.0. The van der Waals surface area contributed by atoms with Gasteiger partial charge in [-0.25, -0.2) is 9.18 Å². The summed E-state index contributed by atoms with van der Waals surface area (Å²) in [5, 5.41) is 8.39. The highest BCUT2D eigenvalue weighted by molar-refractivity contribution is 5.86. The van der Waals surface area contributed by atoms with Crippen LogP contribution in [-0.4, -0.2) is 40.0 Å². The Morgan fingerprint density at radius 2 is 2.00 bits per heavy atom. The molecule has 0 atom stereocenters. The van der Waals surface area contributed by atoms with E-state index in [2.05, 4.69) is 15.2 Å². The van der Waals surface area contributed by atoms with Crippen LogP contribution in [0.4, 0.5) is 15.0 Å². The van der Waals surface area contributed by atoms with Gasteiger partial charge in [-0.3, -0.25) is 9.88 Å². The van der Waals surface area contributed by atoms with Gasteiger partial charge in [-0.1, -0.05) is 6.42 Å². The van der Waals surface area contributed by atoms with Gasteiger partial charge in [-0.05, 0) is 64.8 Å². The molecular weight excluding hydrogens is 387 g/mol. The van der Waals surface area contributed by atoms with Gasteiger partial charge in [0.2, 0.25) is 0 Å². The highest BCUT2D eigenvalue weighted by Gasteiger charge is 2.45. The molecule has 162 valence electrons. The van der Waals surface area contributed by atoms with E-state index in [9.17, 15) is 9.18 Å². The van der Waals surface area contributed by atoms with Crippen molar-refractivity contribution in [3.63, 3.8) is 0 Å². The number of amides is 1. The van der Waals surface area contributed by atoms with Crippen LogP contribution in [0.5, 0.6) is 0 Å². The Balaban J connectivity index is 1.91. The van der Waals surface area contributed by atoms with Crippen LogP contribution < -0.4 is 4.90 Å². The third-order valence-corrected chi connectivity index (χ3v) is 5.08. The van der Waals surface area contributed by atoms with E-state index in [1.54, 1.807) is 45.2 Å². The van der Waals surface area contributed by atoms with Gasteiger partial charge in [0, 0.05) is 24.8 Å². The van der Waals surface area contributed by atoms with Crippen LogP contribution in [0, 0.1) is 5.82 Å². The molecule has 2 aromatic rings. The highest BCUT2D eigenvalue weighted by Crippen LogP contribution is 2.45. The Hall–Kier alpha value is -2.61. The molecule has 7 nitrogen and oxygen atoms in total. The van der Waals surface area contributed by atoms with Crippen molar-refractivity contribution in [3.05, 3.63) is 47.7 Å². The lowest BCUT2D eigenvalue weighted by atomic mass is 9.66. The first-order valence-electron chi connectivity index (χ1n) is 10.3. The van der Waals surface area contributed by atoms with E-state index in [1.165, 1.54) is 11.0 Å². The predicted octanol–water partition coefficient (Wildman–Crippen LogP) is 4.41. The Bertz CT molecular complexity index is 863. The van der Waals surface area contributed by atoms with Gasteiger partial charge in [0.05, 0.1) is 18.0 Å². The largest absolute Gasteiger partial charge is 0.443 e. The monoisotopic (exact) mass is 416 g/mol. The third-order valence-electron chi connectivity index (χ3n) is 5.08. The minimum Gasteiger partial charge on any atom is -0.443 e. The van der Waals surface area contributed by atoms with Crippen LogP contribution in [0.15, 0.2) is 30.5 Å². The number of hydrogen-bond donors (Lipinski definition) is 0. The van der Waals surface area contributed by atoms with Crippen molar-refractivity contribution >= 4 is 11.9 Å². The molecule has 0 bridgehead atoms. The van der Waals surface area contributed by atoms with Gasteiger partial charge in [-0.2, -0.15) is 5.10 Å². The standard InChI is InChI=1S/C22H29FN4O3/c1-5-29-14-16-9-10-18(26-25-16)27(20(28)30-21(2,3)4)15-22(11-7-12-22)19-17(23)8-6-13-24-19/h6,8-10,13H,5,7,11-12,14-15H2,1-4H3. The van der Waals surface area contributed by atoms with Crippen molar-refractivity contribution < 1.29 is 18.7 Å². The number of halogens is 1. The molecule has 0 unspecified atom stereocenters. The van der Waals surface area contributed by atoms with Crippen LogP contribution in [-0.2, 0) is 21.5 Å². The van der Waals surface area contributed by atoms with E-state index < -0.39 is 17.1 Å². The summed E-state index contributed by atoms with van der Waals surface area (Å²) in [6.07, 6.45) is 3.44. The number of anilines is 1. The van der Waals surface area contributed by atoms with Crippen molar-refractivity contribution in [1.82, 2.24) is 15.2 Å². The minimum absolute atomic E-state index is 0.218. The van der Waals surface area contributed by atoms with Gasteiger partial charge in [0.25, 0.3) is 0 Å². The molecule has 30 heavy (non-hydrogen) atoms. The van der Waals surface area contributed by atoms with Crippen molar-refractivity contribution in [1.29, 1.82) is 0 Å². The summed E-state index contributed by atoms with van der Waals surface area (Å²) in [7, 11) is 0. The first-order valence-corrected chi connectivity index (χ1v) is 10.3. The smallest absolute Gasteiger partial charge is 0.416 e. The maximum atomic E-state index is 14.6. The second-order valence-electron chi connectivity index (χ2n) is 8.55. The number of hydrogen-bond acceptors (Lipinski definition) is 6. The SMILES string of the molecule is CCOCc1ccc(N(CC2(c3ncccc3F)CCC2)C(=O)OC(C)(C)C)nn1. The van der Waals surface area contributed by atoms with E-state index >= 15 is 0 Å². The maximum Gasteiger partial charge on any atom is 0.416 e. The molecule has 0 aromatic carbocycles. The fraction of sp³-hybridized carbons (Fsp3) is 0.545. The van der Waals surface area contributed by atoms with E-state index in [0.717, 1.165) is 19.3 Å². The summed E-state index contributed by atoms with van der Waals surface area (Å²) in [5.41, 5.74) is -0.209. The maximum absolute atomic E-state index is 14.6. The molecule has 0 aliphatic heterocycles. The minimum atomic E-state index is -0.680. The first kappa shape index (κ1) is 22.1. The molecule has 1 amide bonds. The van der Waals surface area contributed by atoms with E-state index in [-0.39, 0.29) is 12.4 Å². The Labute approximate surface area is 176 Å². The van der Waals surface area contributed by atoms with Crippen LogP contribution in [0.1, 0.15) is 58.3 Å². The number of carbonyl (C=O) groups is 1. The number of carbonyl (C=O) groups excluding carboxylic acids is 1. The number of nitrogens with zero attached hydrogens (tertiary/aromatic N) is 4. The third kappa shape index (κ3) is 5.11. The normalized spacial score (nSPS) is 15.4. The molecule has 1 fully saturated rings. The van der Waals surface area contributed by atoms with Crippen molar-refractivity contribution in [2.75, 3.05) is 18.1 Å². The molecule has 0 N–H and O–H groups in total. The highest BCUT2D eigenvalue weighted by atomic mass is 19.1. The Kier molecular flexibility index (Phi) is 6.65. The number of rotatable bonds is 7. The van der Waals surface area contributed by atoms with E-state index in [0.29, 0.717) is 30.4 Å². The molecule has 0 radical (unpaired) electrons. The zero-order valence-electron chi connectivity index (χ0n) is 18.0. The number of aromatic nitrogens is 3. The summed E-state index contributed by atoms with van der Waals surface area (Å²) < 4.78 is 25.5. The fourth-order valence-corrected chi connectivity index (χ4v) is 3.49. The molecule has 2 heterocycles. The van der Waals surface area contributed by atoms with Crippen LogP contribution in [0.3, 0.4) is 0 Å². The van der Waals surface area contributed by atoms with Crippen LogP contribution >= 0.6 is 0 Å². The molecule has 3 rings (SSSR count). The van der Waals surface area contributed by atoms with Gasteiger partial charge in [0.1, 0.15) is 11.4 Å². The quantitative estimate of drug-likeness (QED) is 0.665. The summed E-state index contributed by atoms with van der Waals surface area (Å²) in [6.45, 7) is 8.45. The Morgan fingerprint density at radius 1 is 1.23 bits per heavy atom. The second kappa shape index (κ2) is 9.04. The average molecular weight is 416 g/mol. The molecule has 1 aliphatic carbocycles. The zero-order chi connectivity index (χ0) is 21.8. The van der Waals surface area contributed by atoms with Crippen molar-refractivity contribution in [3.8, 4) is 0 Å². The van der Waals surface area contributed by atoms with Gasteiger partial charge in [-0.15, -0.1) is 5.10 Å². The topological polar surface area (TPSA) is 77.4 Å². The summed E-state index contributed by atoms with van der Waals surface area (Å²) in [5.74, 6) is -0.00778. The lowest BCUT2D eigenvalue weighted by Crippen LogP contribution is -2.50. The average Bonchev–Trinajstić information content (AvgIpc) is 2.66. The molecule has 0 spiro atoms. The van der Waals surface area contributed by atoms with Crippen molar-refractivity contribution in [2.45, 2.75) is 64.6 Å². The summed E-state index contributed by atoms with van der Waals surface area (Å²) in [4.78, 5) is 18.8. The molecule has 2 aromatic heterocycles. The second-order valence-corrected chi connectivity index (χ2v) is 8.55. The molecule has 1 saturated carbocycles. The van der Waals surface area contributed by atoms with E-state index in [4.69, 9.17) is 9.47 Å². The fourth-order valence-electron chi connectivity index (χ4n) is 3.49.